The Kier molecular flexibility index (Phi) is 8.09. The van der Waals surface area contributed by atoms with Gasteiger partial charge in [-0.15, -0.1) is 0 Å². The standard InChI is InChI=1S/C19H24N2O4.C12H11NO2/c1-19(2,3)24-18(22)20-11-12-23-17-15(13-9-10-13)16(25-21-17)14-7-5-4-6-8-14;14-12-10(8-6-7-8)11(15-13-12)9-4-2-1-3-5-9/h4-8,13H,9-12H2,1-3H3,(H,20,22);1-5,8H,6-7H2,(H,13,14). The third-order valence-electron chi connectivity index (χ3n) is 6.48. The Morgan fingerprint density at radius 1 is 0.925 bits per heavy atom. The number of hydrogen-bond acceptors (Lipinski definition) is 7. The fourth-order valence-electron chi connectivity index (χ4n) is 4.39. The van der Waals surface area contributed by atoms with Crippen molar-refractivity contribution in [2.24, 2.45) is 0 Å². The number of nitrogens with zero attached hydrogens (tertiary/aromatic N) is 1. The van der Waals surface area contributed by atoms with E-state index in [9.17, 15) is 9.59 Å². The van der Waals surface area contributed by atoms with Gasteiger partial charge < -0.3 is 23.8 Å². The average Bonchev–Trinajstić information content (AvgIpc) is 3.88. The summed E-state index contributed by atoms with van der Waals surface area (Å²) in [6.45, 7) is 6.12. The SMILES string of the molecule is CC(C)(C)OC(=O)NCCOc1noc(-c2ccccc2)c1C1CC1.O=c1[nH]oc(-c2ccccc2)c1C1CC1. The molecule has 2 aliphatic carbocycles. The third kappa shape index (κ3) is 7.02. The Bertz CT molecular complexity index is 1460. The highest BCUT2D eigenvalue weighted by Crippen LogP contribution is 2.48. The largest absolute Gasteiger partial charge is 0.473 e. The fraction of sp³-hybridized carbons (Fsp3) is 0.387. The van der Waals surface area contributed by atoms with E-state index in [1.807, 2.05) is 81.4 Å². The average molecular weight is 546 g/mol. The van der Waals surface area contributed by atoms with Crippen LogP contribution in [0.4, 0.5) is 4.79 Å². The summed E-state index contributed by atoms with van der Waals surface area (Å²) >= 11 is 0. The van der Waals surface area contributed by atoms with Gasteiger partial charge in [0, 0.05) is 11.1 Å². The minimum absolute atomic E-state index is 0.0728. The van der Waals surface area contributed by atoms with Gasteiger partial charge in [-0.05, 0) is 63.4 Å². The van der Waals surface area contributed by atoms with Gasteiger partial charge in [-0.3, -0.25) is 4.79 Å². The van der Waals surface area contributed by atoms with Crippen LogP contribution in [0, 0.1) is 0 Å². The second-order valence-electron chi connectivity index (χ2n) is 11.1. The monoisotopic (exact) mass is 545 g/mol. The molecule has 0 aliphatic heterocycles. The zero-order chi connectivity index (χ0) is 28.1. The van der Waals surface area contributed by atoms with Crippen molar-refractivity contribution in [1.29, 1.82) is 0 Å². The highest BCUT2D eigenvalue weighted by molar-refractivity contribution is 5.67. The number of hydrogen-bond donors (Lipinski definition) is 2. The van der Waals surface area contributed by atoms with E-state index in [1.54, 1.807) is 0 Å². The quantitative estimate of drug-likeness (QED) is 0.238. The molecule has 9 heteroatoms. The maximum Gasteiger partial charge on any atom is 0.407 e. The molecule has 2 aliphatic rings. The van der Waals surface area contributed by atoms with Crippen molar-refractivity contribution in [2.45, 2.75) is 63.9 Å². The zero-order valence-corrected chi connectivity index (χ0v) is 23.1. The number of nitrogens with one attached hydrogen (secondary N) is 2. The molecule has 4 aromatic rings. The fourth-order valence-corrected chi connectivity index (χ4v) is 4.39. The van der Waals surface area contributed by atoms with E-state index in [-0.39, 0.29) is 5.56 Å². The van der Waals surface area contributed by atoms with Crippen LogP contribution in [0.5, 0.6) is 5.88 Å². The Balaban J connectivity index is 0.000000182. The van der Waals surface area contributed by atoms with Gasteiger partial charge in [0.25, 0.3) is 11.4 Å². The lowest BCUT2D eigenvalue weighted by atomic mass is 10.1. The number of H-pyrrole nitrogens is 1. The highest BCUT2D eigenvalue weighted by atomic mass is 16.6. The van der Waals surface area contributed by atoms with E-state index in [4.69, 9.17) is 18.5 Å². The van der Waals surface area contributed by atoms with Crippen LogP contribution < -0.4 is 15.6 Å². The number of carbonyl (C=O) groups excluding carboxylic acids is 1. The molecule has 1 amide bonds. The molecule has 6 rings (SSSR count). The van der Waals surface area contributed by atoms with Crippen LogP contribution in [0.25, 0.3) is 22.6 Å². The number of carbonyl (C=O) groups is 1. The Labute approximate surface area is 232 Å². The molecule has 2 aromatic carbocycles. The molecule has 2 aromatic heterocycles. The molecule has 9 nitrogen and oxygen atoms in total. The van der Waals surface area contributed by atoms with Crippen LogP contribution in [-0.4, -0.2) is 35.2 Å². The number of alkyl carbamates (subject to hydrolysis) is 1. The first-order valence-corrected chi connectivity index (χ1v) is 13.7. The maximum atomic E-state index is 11.6. The lowest BCUT2D eigenvalue weighted by Gasteiger charge is -2.19. The zero-order valence-electron chi connectivity index (χ0n) is 23.1. The Morgan fingerprint density at radius 3 is 2.08 bits per heavy atom. The van der Waals surface area contributed by atoms with Gasteiger partial charge in [-0.1, -0.05) is 60.7 Å². The molecule has 0 atom stereocenters. The van der Waals surface area contributed by atoms with Crippen molar-refractivity contribution in [1.82, 2.24) is 15.6 Å². The number of benzene rings is 2. The van der Waals surface area contributed by atoms with Gasteiger partial charge in [0.05, 0.1) is 17.7 Å². The maximum absolute atomic E-state index is 11.6. The molecule has 210 valence electrons. The number of ether oxygens (including phenoxy) is 2. The van der Waals surface area contributed by atoms with Crippen LogP contribution in [0.2, 0.25) is 0 Å². The lowest BCUT2D eigenvalue weighted by molar-refractivity contribution is 0.0519. The second-order valence-corrected chi connectivity index (χ2v) is 11.1. The molecule has 0 radical (unpaired) electrons. The van der Waals surface area contributed by atoms with Crippen molar-refractivity contribution < 1.29 is 23.3 Å². The molecular formula is C31H35N3O6. The molecule has 2 heterocycles. The number of amides is 1. The molecule has 0 saturated heterocycles. The molecule has 40 heavy (non-hydrogen) atoms. The van der Waals surface area contributed by atoms with E-state index >= 15 is 0 Å². The summed E-state index contributed by atoms with van der Waals surface area (Å²) in [6, 6.07) is 19.7. The van der Waals surface area contributed by atoms with E-state index < -0.39 is 11.7 Å². The summed E-state index contributed by atoms with van der Waals surface area (Å²) in [7, 11) is 0. The van der Waals surface area contributed by atoms with Crippen LogP contribution in [-0.2, 0) is 4.74 Å². The van der Waals surface area contributed by atoms with Crippen molar-refractivity contribution >= 4 is 6.09 Å². The summed E-state index contributed by atoms with van der Waals surface area (Å²) in [5.41, 5.74) is 3.23. The first-order chi connectivity index (χ1) is 19.3. The third-order valence-corrected chi connectivity index (χ3v) is 6.48. The van der Waals surface area contributed by atoms with Crippen LogP contribution in [0.15, 0.2) is 74.5 Å². The van der Waals surface area contributed by atoms with Crippen LogP contribution in [0.1, 0.15) is 69.4 Å². The minimum Gasteiger partial charge on any atom is -0.473 e. The van der Waals surface area contributed by atoms with E-state index in [0.29, 0.717) is 36.6 Å². The summed E-state index contributed by atoms with van der Waals surface area (Å²) < 4.78 is 21.7. The first-order valence-electron chi connectivity index (χ1n) is 13.7. The summed E-state index contributed by atoms with van der Waals surface area (Å²) in [6.07, 6.45) is 3.98. The topological polar surface area (TPSA) is 120 Å². The molecule has 2 N–H and O–H groups in total. The van der Waals surface area contributed by atoms with E-state index in [1.165, 1.54) is 0 Å². The summed E-state index contributed by atoms with van der Waals surface area (Å²) in [5, 5.41) is 9.18. The molecule has 0 bridgehead atoms. The smallest absolute Gasteiger partial charge is 0.407 e. The van der Waals surface area contributed by atoms with E-state index in [0.717, 1.165) is 53.7 Å². The van der Waals surface area contributed by atoms with Crippen molar-refractivity contribution in [2.75, 3.05) is 13.2 Å². The molecular weight excluding hydrogens is 510 g/mol. The van der Waals surface area contributed by atoms with E-state index in [2.05, 4.69) is 15.6 Å². The van der Waals surface area contributed by atoms with Gasteiger partial charge in [-0.25, -0.2) is 4.79 Å². The number of aromatic amines is 1. The summed E-state index contributed by atoms with van der Waals surface area (Å²) in [4.78, 5) is 23.2. The number of aromatic nitrogens is 2. The van der Waals surface area contributed by atoms with Crippen LogP contribution >= 0.6 is 0 Å². The van der Waals surface area contributed by atoms with Gasteiger partial charge in [0.2, 0.25) is 0 Å². The normalized spacial score (nSPS) is 14.7. The van der Waals surface area contributed by atoms with Crippen molar-refractivity contribution in [3.8, 4) is 28.5 Å². The summed E-state index contributed by atoms with van der Waals surface area (Å²) in [5.74, 6) is 2.85. The Hall–Kier alpha value is -4.27. The van der Waals surface area contributed by atoms with Gasteiger partial charge in [-0.2, -0.15) is 5.16 Å². The molecule has 2 fully saturated rings. The van der Waals surface area contributed by atoms with Gasteiger partial charge in [0.15, 0.2) is 11.5 Å². The lowest BCUT2D eigenvalue weighted by Crippen LogP contribution is -2.34. The van der Waals surface area contributed by atoms with Gasteiger partial charge >= 0.3 is 6.09 Å². The predicted molar refractivity (Wildman–Crippen MR) is 150 cm³/mol. The van der Waals surface area contributed by atoms with Crippen molar-refractivity contribution in [3.63, 3.8) is 0 Å². The number of rotatable bonds is 8. The predicted octanol–water partition coefficient (Wildman–Crippen LogP) is 6.63. The van der Waals surface area contributed by atoms with Crippen molar-refractivity contribution in [3.05, 3.63) is 82.1 Å². The minimum atomic E-state index is -0.513. The highest BCUT2D eigenvalue weighted by Gasteiger charge is 2.34. The van der Waals surface area contributed by atoms with Gasteiger partial charge in [0.1, 0.15) is 12.2 Å². The molecule has 0 spiro atoms. The first kappa shape index (κ1) is 27.3. The molecule has 2 saturated carbocycles. The Morgan fingerprint density at radius 2 is 1.50 bits per heavy atom. The van der Waals surface area contributed by atoms with Crippen LogP contribution in [0.3, 0.4) is 0 Å². The second kappa shape index (κ2) is 11.9. The molecule has 0 unspecified atom stereocenters.